The molecule has 0 radical (unpaired) electrons. The molecule has 0 saturated carbocycles. The molecule has 0 aromatic rings. The first-order chi connectivity index (χ1) is 9.22. The van der Waals surface area contributed by atoms with Gasteiger partial charge in [0.25, 0.3) is 11.8 Å². The van der Waals surface area contributed by atoms with Crippen molar-refractivity contribution in [2.75, 3.05) is 0 Å². The van der Waals surface area contributed by atoms with Crippen LogP contribution >= 0.6 is 0 Å². The van der Waals surface area contributed by atoms with Gasteiger partial charge in [-0.2, -0.15) is 11.0 Å². The number of nitrogens with one attached hydrogen (secondary N) is 2. The van der Waals surface area contributed by atoms with E-state index in [0.717, 1.165) is 13.8 Å². The van der Waals surface area contributed by atoms with E-state index < -0.39 is 42.2 Å². The molecule has 0 rings (SSSR count). The average Bonchev–Trinajstić information content (AvgIpc) is 2.32. The van der Waals surface area contributed by atoms with Crippen LogP contribution in [0.4, 0.5) is 0 Å². The molecule has 0 fully saturated rings. The fraction of sp³-hybridized carbons (Fsp3) is 0.500. The summed E-state index contributed by atoms with van der Waals surface area (Å²) < 4.78 is 4.49. The van der Waals surface area contributed by atoms with Crippen LogP contribution in [0.15, 0.2) is 0 Å². The molecule has 1 unspecified atom stereocenters. The van der Waals surface area contributed by atoms with Crippen molar-refractivity contribution in [3.05, 3.63) is 0 Å². The summed E-state index contributed by atoms with van der Waals surface area (Å²) in [4.78, 5) is 62.7. The number of hydrogen-bond donors (Lipinski definition) is 2. The molecular weight excluding hydrogens is 276 g/mol. The van der Waals surface area contributed by atoms with Gasteiger partial charge in [0.15, 0.2) is 6.10 Å². The third-order valence-electron chi connectivity index (χ3n) is 1.57. The van der Waals surface area contributed by atoms with Gasteiger partial charge in [-0.3, -0.25) is 19.2 Å². The van der Waals surface area contributed by atoms with Crippen LogP contribution in [0.1, 0.15) is 27.2 Å². The lowest BCUT2D eigenvalue weighted by Gasteiger charge is -2.11. The van der Waals surface area contributed by atoms with E-state index in [9.17, 15) is 24.0 Å². The normalized spacial score (nSPS) is 10.8. The van der Waals surface area contributed by atoms with E-state index in [1.54, 1.807) is 11.0 Å². The van der Waals surface area contributed by atoms with Crippen molar-refractivity contribution in [1.82, 2.24) is 11.0 Å². The molecule has 0 aliphatic rings. The first-order valence-corrected chi connectivity index (χ1v) is 5.35. The molecule has 1 atom stereocenters. The summed E-state index contributed by atoms with van der Waals surface area (Å²) in [5, 5.41) is 0. The lowest BCUT2D eigenvalue weighted by atomic mass is 10.4. The summed E-state index contributed by atoms with van der Waals surface area (Å²) in [5.74, 6) is -4.35. The number of rotatable bonds is 4. The summed E-state index contributed by atoms with van der Waals surface area (Å²) >= 11 is 0. The zero-order valence-corrected chi connectivity index (χ0v) is 11.1. The predicted octanol–water partition coefficient (Wildman–Crippen LogP) is -1.50. The maximum Gasteiger partial charge on any atom is 0.372 e. The average molecular weight is 290 g/mol. The van der Waals surface area contributed by atoms with Gasteiger partial charge in [-0.1, -0.05) is 0 Å². The highest BCUT2D eigenvalue weighted by Gasteiger charge is 2.19. The Bertz CT molecular complexity index is 419. The van der Waals surface area contributed by atoms with Gasteiger partial charge in [0.2, 0.25) is 0 Å². The zero-order valence-electron chi connectivity index (χ0n) is 11.1. The Morgan fingerprint density at radius 3 is 1.85 bits per heavy atom. The Morgan fingerprint density at radius 2 is 1.40 bits per heavy atom. The molecule has 0 bridgehead atoms. The Hall–Kier alpha value is -2.65. The van der Waals surface area contributed by atoms with Crippen molar-refractivity contribution >= 4 is 29.7 Å². The van der Waals surface area contributed by atoms with E-state index in [4.69, 9.17) is 0 Å². The topological polar surface area (TPSA) is 137 Å². The molecule has 0 heterocycles. The summed E-state index contributed by atoms with van der Waals surface area (Å²) in [6, 6.07) is 0. The second kappa shape index (κ2) is 8.45. The van der Waals surface area contributed by atoms with E-state index in [1.165, 1.54) is 6.92 Å². The van der Waals surface area contributed by atoms with Gasteiger partial charge in [-0.25, -0.2) is 4.79 Å². The fourth-order valence-corrected chi connectivity index (χ4v) is 0.834. The standard InChI is InChI=1S/C10H14N2O8/c1-5(18-6(2)13)10(17)20-12-9(16)4-8(15)11-19-7(3)14/h5H,4H2,1-3H3,(H,11,15)(H,12,16). The first-order valence-electron chi connectivity index (χ1n) is 5.35. The Labute approximate surface area is 113 Å². The number of amides is 2. The quantitative estimate of drug-likeness (QED) is 0.276. The first kappa shape index (κ1) is 17.4. The highest BCUT2D eigenvalue weighted by Crippen LogP contribution is 1.94. The van der Waals surface area contributed by atoms with Gasteiger partial charge in [-0.05, 0) is 6.92 Å². The Morgan fingerprint density at radius 1 is 0.900 bits per heavy atom. The lowest BCUT2D eigenvalue weighted by molar-refractivity contribution is -0.173. The number of carbonyl (C=O) groups excluding carboxylic acids is 5. The molecule has 20 heavy (non-hydrogen) atoms. The number of hydrogen-bond acceptors (Lipinski definition) is 8. The highest BCUT2D eigenvalue weighted by molar-refractivity contribution is 5.96. The largest absolute Gasteiger partial charge is 0.451 e. The van der Waals surface area contributed by atoms with Crippen molar-refractivity contribution in [2.45, 2.75) is 33.3 Å². The van der Waals surface area contributed by atoms with E-state index in [1.807, 2.05) is 0 Å². The number of carbonyl (C=O) groups is 5. The lowest BCUT2D eigenvalue weighted by Crippen LogP contribution is -2.36. The molecule has 112 valence electrons. The molecule has 0 aromatic carbocycles. The van der Waals surface area contributed by atoms with E-state index in [2.05, 4.69) is 14.4 Å². The minimum Gasteiger partial charge on any atom is -0.451 e. The third kappa shape index (κ3) is 8.44. The molecule has 10 nitrogen and oxygen atoms in total. The predicted molar refractivity (Wildman–Crippen MR) is 60.0 cm³/mol. The molecule has 0 spiro atoms. The number of hydroxylamine groups is 2. The van der Waals surface area contributed by atoms with E-state index >= 15 is 0 Å². The van der Waals surface area contributed by atoms with Gasteiger partial charge >= 0.3 is 17.9 Å². The van der Waals surface area contributed by atoms with Gasteiger partial charge < -0.3 is 14.4 Å². The molecule has 0 aromatic heterocycles. The van der Waals surface area contributed by atoms with Crippen LogP contribution < -0.4 is 11.0 Å². The summed E-state index contributed by atoms with van der Waals surface area (Å²) in [6.45, 7) is 3.39. The Kier molecular flexibility index (Phi) is 7.33. The van der Waals surface area contributed by atoms with Crippen LogP contribution in [0.2, 0.25) is 0 Å². The monoisotopic (exact) mass is 290 g/mol. The van der Waals surface area contributed by atoms with Crippen molar-refractivity contribution in [3.63, 3.8) is 0 Å². The van der Waals surface area contributed by atoms with Gasteiger partial charge in [-0.15, -0.1) is 0 Å². The van der Waals surface area contributed by atoms with Crippen LogP contribution in [0.5, 0.6) is 0 Å². The smallest absolute Gasteiger partial charge is 0.372 e. The van der Waals surface area contributed by atoms with Crippen molar-refractivity contribution in [3.8, 4) is 0 Å². The molecule has 0 saturated heterocycles. The van der Waals surface area contributed by atoms with Gasteiger partial charge in [0.05, 0.1) is 0 Å². The summed E-state index contributed by atoms with van der Waals surface area (Å²) in [6.07, 6.45) is -1.94. The van der Waals surface area contributed by atoms with Gasteiger partial charge in [0.1, 0.15) is 6.42 Å². The molecule has 2 amide bonds. The van der Waals surface area contributed by atoms with Crippen LogP contribution in [0, 0.1) is 0 Å². The highest BCUT2D eigenvalue weighted by atomic mass is 16.7. The maximum atomic E-state index is 11.2. The van der Waals surface area contributed by atoms with E-state index in [0.29, 0.717) is 0 Å². The van der Waals surface area contributed by atoms with Crippen LogP contribution in [0.25, 0.3) is 0 Å². The minimum atomic E-state index is -1.21. The van der Waals surface area contributed by atoms with Crippen molar-refractivity contribution < 1.29 is 38.4 Å². The molecule has 0 aliphatic carbocycles. The van der Waals surface area contributed by atoms with Crippen molar-refractivity contribution in [2.24, 2.45) is 0 Å². The summed E-state index contributed by atoms with van der Waals surface area (Å²) in [7, 11) is 0. The second-order valence-corrected chi connectivity index (χ2v) is 3.49. The molecular formula is C10H14N2O8. The number of esters is 1. The van der Waals surface area contributed by atoms with Crippen LogP contribution in [0.3, 0.4) is 0 Å². The maximum absolute atomic E-state index is 11.2. The Balaban J connectivity index is 3.98. The number of ether oxygens (including phenoxy) is 1. The van der Waals surface area contributed by atoms with Crippen molar-refractivity contribution in [1.29, 1.82) is 0 Å². The fourth-order valence-electron chi connectivity index (χ4n) is 0.834. The SMILES string of the molecule is CC(=O)ONC(=O)CC(=O)NOC(=O)C(C)OC(C)=O. The van der Waals surface area contributed by atoms with Crippen LogP contribution in [-0.2, 0) is 38.4 Å². The molecule has 0 aliphatic heterocycles. The zero-order chi connectivity index (χ0) is 15.7. The third-order valence-corrected chi connectivity index (χ3v) is 1.57. The summed E-state index contributed by atoms with van der Waals surface area (Å²) in [5.41, 5.74) is 3.36. The second-order valence-electron chi connectivity index (χ2n) is 3.49. The van der Waals surface area contributed by atoms with Crippen LogP contribution in [-0.4, -0.2) is 35.8 Å². The molecule has 2 N–H and O–H groups in total. The molecule has 10 heteroatoms. The minimum absolute atomic E-state index is 0.693. The van der Waals surface area contributed by atoms with E-state index in [-0.39, 0.29) is 0 Å². The van der Waals surface area contributed by atoms with Gasteiger partial charge in [0, 0.05) is 13.8 Å².